The molecule has 0 aromatic heterocycles. The molecule has 0 bridgehead atoms. The fraction of sp³-hybridized carbons (Fsp3) is 0.400. The van der Waals surface area contributed by atoms with Gasteiger partial charge in [-0.25, -0.2) is 4.39 Å². The van der Waals surface area contributed by atoms with Crippen LogP contribution in [0, 0.1) is 29.0 Å². The lowest BCUT2D eigenvalue weighted by atomic mass is 9.83. The first kappa shape index (κ1) is 13.5. The zero-order valence-corrected chi connectivity index (χ0v) is 10.8. The quantitative estimate of drug-likeness (QED) is 0.605. The summed E-state index contributed by atoms with van der Waals surface area (Å²) in [6.45, 7) is 2.16. The summed E-state index contributed by atoms with van der Waals surface area (Å²) in [7, 11) is 0. The van der Waals surface area contributed by atoms with Crippen molar-refractivity contribution < 1.29 is 13.9 Å². The lowest BCUT2D eigenvalue weighted by molar-refractivity contribution is -0.133. The molecule has 4 heteroatoms. The number of halogens is 1. The van der Waals surface area contributed by atoms with Gasteiger partial charge in [0.2, 0.25) is 0 Å². The summed E-state index contributed by atoms with van der Waals surface area (Å²) in [6, 6.07) is 5.54. The van der Waals surface area contributed by atoms with Gasteiger partial charge in [-0.2, -0.15) is 5.26 Å². The van der Waals surface area contributed by atoms with Crippen molar-refractivity contribution in [3.63, 3.8) is 0 Å². The highest BCUT2D eigenvalue weighted by molar-refractivity contribution is 5.86. The van der Waals surface area contributed by atoms with Crippen molar-refractivity contribution in [1.82, 2.24) is 0 Å². The Morgan fingerprint density at radius 3 is 2.68 bits per heavy atom. The zero-order chi connectivity index (χ0) is 13.8. The van der Waals surface area contributed by atoms with Gasteiger partial charge in [-0.1, -0.05) is 6.92 Å². The van der Waals surface area contributed by atoms with Crippen molar-refractivity contribution in [3.8, 4) is 11.8 Å². The first-order valence-electron chi connectivity index (χ1n) is 6.36. The van der Waals surface area contributed by atoms with E-state index < -0.39 is 5.82 Å². The van der Waals surface area contributed by atoms with Gasteiger partial charge in [-0.15, -0.1) is 0 Å². The van der Waals surface area contributed by atoms with Gasteiger partial charge in [0, 0.05) is 6.07 Å². The van der Waals surface area contributed by atoms with Crippen LogP contribution >= 0.6 is 0 Å². The van der Waals surface area contributed by atoms with Crippen molar-refractivity contribution in [2.45, 2.75) is 32.6 Å². The molecule has 0 amide bonds. The SMILES string of the molecule is CC1CC[C](C(=O)Oc2ccc(C#N)c(F)c2)CC1. The molecule has 1 aromatic carbocycles. The van der Waals surface area contributed by atoms with E-state index >= 15 is 0 Å². The fourth-order valence-electron chi connectivity index (χ4n) is 2.14. The van der Waals surface area contributed by atoms with E-state index in [2.05, 4.69) is 6.92 Å². The number of hydrogen-bond acceptors (Lipinski definition) is 3. The predicted molar refractivity (Wildman–Crippen MR) is 67.6 cm³/mol. The van der Waals surface area contributed by atoms with Crippen molar-refractivity contribution in [2.75, 3.05) is 0 Å². The summed E-state index contributed by atoms with van der Waals surface area (Å²) in [5, 5.41) is 8.62. The van der Waals surface area contributed by atoms with Gasteiger partial charge in [-0.05, 0) is 43.7 Å². The van der Waals surface area contributed by atoms with Gasteiger partial charge in [0.15, 0.2) is 0 Å². The molecule has 99 valence electrons. The molecule has 0 N–H and O–H groups in total. The highest BCUT2D eigenvalue weighted by Crippen LogP contribution is 2.31. The summed E-state index contributed by atoms with van der Waals surface area (Å²) in [5.41, 5.74) is -0.0565. The Morgan fingerprint density at radius 1 is 1.42 bits per heavy atom. The van der Waals surface area contributed by atoms with Crippen LogP contribution in [0.3, 0.4) is 0 Å². The van der Waals surface area contributed by atoms with Crippen LogP contribution in [-0.4, -0.2) is 5.97 Å². The third-order valence-corrected chi connectivity index (χ3v) is 3.44. The van der Waals surface area contributed by atoms with Crippen LogP contribution < -0.4 is 4.74 Å². The second kappa shape index (κ2) is 5.83. The van der Waals surface area contributed by atoms with Gasteiger partial charge in [0.1, 0.15) is 17.6 Å². The highest BCUT2D eigenvalue weighted by Gasteiger charge is 2.26. The largest absolute Gasteiger partial charge is 0.426 e. The van der Waals surface area contributed by atoms with Crippen LogP contribution in [0.2, 0.25) is 0 Å². The number of nitriles is 1. The Hall–Kier alpha value is -1.89. The Bertz CT molecular complexity index is 513. The molecule has 0 spiro atoms. The molecule has 0 unspecified atom stereocenters. The molecule has 1 fully saturated rings. The van der Waals surface area contributed by atoms with Crippen LogP contribution in [0.4, 0.5) is 4.39 Å². The number of rotatable bonds is 2. The average molecular weight is 260 g/mol. The Labute approximate surface area is 112 Å². The normalized spacial score (nSPS) is 16.9. The minimum absolute atomic E-state index is 0.0565. The summed E-state index contributed by atoms with van der Waals surface area (Å²) in [6.07, 6.45) is 3.48. The molecule has 1 aliphatic rings. The minimum Gasteiger partial charge on any atom is -0.426 e. The van der Waals surface area contributed by atoms with E-state index in [0.29, 0.717) is 5.92 Å². The zero-order valence-electron chi connectivity index (χ0n) is 10.8. The molecule has 1 radical (unpaired) electrons. The van der Waals surface area contributed by atoms with Crippen LogP contribution in [0.15, 0.2) is 18.2 Å². The van der Waals surface area contributed by atoms with Crippen molar-refractivity contribution in [1.29, 1.82) is 5.26 Å². The van der Waals surface area contributed by atoms with E-state index in [4.69, 9.17) is 10.00 Å². The third-order valence-electron chi connectivity index (χ3n) is 3.44. The van der Waals surface area contributed by atoms with E-state index in [-0.39, 0.29) is 17.3 Å². The topological polar surface area (TPSA) is 50.1 Å². The first-order chi connectivity index (χ1) is 9.10. The van der Waals surface area contributed by atoms with Gasteiger partial charge >= 0.3 is 5.97 Å². The number of carbonyl (C=O) groups excluding carboxylic acids is 1. The maximum absolute atomic E-state index is 13.4. The second-order valence-corrected chi connectivity index (χ2v) is 4.93. The van der Waals surface area contributed by atoms with Crippen LogP contribution in [0.5, 0.6) is 5.75 Å². The minimum atomic E-state index is -0.671. The van der Waals surface area contributed by atoms with E-state index in [1.54, 1.807) is 6.07 Å². The highest BCUT2D eigenvalue weighted by atomic mass is 19.1. The monoisotopic (exact) mass is 260 g/mol. The lowest BCUT2D eigenvalue weighted by Crippen LogP contribution is -2.23. The molecule has 0 aliphatic heterocycles. The summed E-state index contributed by atoms with van der Waals surface area (Å²) in [5.74, 6) is 0.505. The van der Waals surface area contributed by atoms with E-state index in [1.165, 1.54) is 12.1 Å². The molecule has 1 saturated carbocycles. The van der Waals surface area contributed by atoms with E-state index in [1.807, 2.05) is 0 Å². The molecule has 1 aromatic rings. The first-order valence-corrected chi connectivity index (χ1v) is 6.36. The molecule has 2 rings (SSSR count). The van der Waals surface area contributed by atoms with E-state index in [9.17, 15) is 9.18 Å². The maximum atomic E-state index is 13.4. The second-order valence-electron chi connectivity index (χ2n) is 4.93. The summed E-state index contributed by atoms with van der Waals surface area (Å²) < 4.78 is 18.5. The molecular weight excluding hydrogens is 245 g/mol. The summed E-state index contributed by atoms with van der Waals surface area (Å²) >= 11 is 0. The smallest absolute Gasteiger partial charge is 0.318 e. The predicted octanol–water partition coefficient (Wildman–Crippen LogP) is 3.39. The van der Waals surface area contributed by atoms with Crippen LogP contribution in [0.25, 0.3) is 0 Å². The standard InChI is InChI=1S/C15H15FNO2/c1-10-2-4-11(5-3-10)15(18)19-13-7-6-12(9-17)14(16)8-13/h6-8,10H,2-5H2,1H3. The van der Waals surface area contributed by atoms with Gasteiger partial charge in [-0.3, -0.25) is 4.79 Å². The molecule has 0 saturated heterocycles. The number of nitrogens with zero attached hydrogens (tertiary/aromatic N) is 1. The molecule has 3 nitrogen and oxygen atoms in total. The number of carbonyl (C=O) groups is 1. The Kier molecular flexibility index (Phi) is 4.16. The number of esters is 1. The Balaban J connectivity index is 1.99. The van der Waals surface area contributed by atoms with Crippen LogP contribution in [0.1, 0.15) is 38.2 Å². The van der Waals surface area contributed by atoms with Crippen molar-refractivity contribution >= 4 is 5.97 Å². The fourth-order valence-corrected chi connectivity index (χ4v) is 2.14. The average Bonchev–Trinajstić information content (AvgIpc) is 2.39. The number of benzene rings is 1. The molecule has 0 heterocycles. The molecule has 19 heavy (non-hydrogen) atoms. The Morgan fingerprint density at radius 2 is 2.11 bits per heavy atom. The van der Waals surface area contributed by atoms with Gasteiger partial charge in [0.05, 0.1) is 11.5 Å². The molecular formula is C15H15FNO2. The molecule has 0 atom stereocenters. The van der Waals surface area contributed by atoms with Crippen LogP contribution in [-0.2, 0) is 4.79 Å². The van der Waals surface area contributed by atoms with Gasteiger partial charge < -0.3 is 4.74 Å². The van der Waals surface area contributed by atoms with Crippen molar-refractivity contribution in [2.24, 2.45) is 5.92 Å². The summed E-state index contributed by atoms with van der Waals surface area (Å²) in [4.78, 5) is 11.9. The maximum Gasteiger partial charge on any atom is 0.318 e. The number of ether oxygens (including phenoxy) is 1. The molecule has 1 aliphatic carbocycles. The number of hydrogen-bond donors (Lipinski definition) is 0. The van der Waals surface area contributed by atoms with Crippen molar-refractivity contribution in [3.05, 3.63) is 35.5 Å². The van der Waals surface area contributed by atoms with Gasteiger partial charge in [0.25, 0.3) is 0 Å². The lowest BCUT2D eigenvalue weighted by Gasteiger charge is -2.23. The third kappa shape index (κ3) is 3.31. The van der Waals surface area contributed by atoms with E-state index in [0.717, 1.165) is 37.7 Å².